The lowest BCUT2D eigenvalue weighted by Gasteiger charge is -2.13. The molecule has 0 aromatic carbocycles. The van der Waals surface area contributed by atoms with Crippen molar-refractivity contribution < 1.29 is 9.59 Å². The fraction of sp³-hybridized carbons (Fsp3) is 0.467. The maximum absolute atomic E-state index is 12.1. The third-order valence-corrected chi connectivity index (χ3v) is 5.46. The van der Waals surface area contributed by atoms with Crippen molar-refractivity contribution >= 4 is 45.3 Å². The molecule has 0 unspecified atom stereocenters. The van der Waals surface area contributed by atoms with Crippen molar-refractivity contribution in [2.24, 2.45) is 0 Å². The molecule has 1 atom stereocenters. The van der Waals surface area contributed by atoms with Crippen molar-refractivity contribution in [2.45, 2.75) is 50.9 Å². The summed E-state index contributed by atoms with van der Waals surface area (Å²) in [5.74, 6) is -0.343. The highest BCUT2D eigenvalue weighted by molar-refractivity contribution is 8.00. The highest BCUT2D eigenvalue weighted by atomic mass is 32.2. The van der Waals surface area contributed by atoms with Crippen LogP contribution >= 0.6 is 23.1 Å². The van der Waals surface area contributed by atoms with Gasteiger partial charge in [-0.2, -0.15) is 0 Å². The minimum Gasteiger partial charge on any atom is -0.336 e. The van der Waals surface area contributed by atoms with E-state index in [1.165, 1.54) is 23.0 Å². The topological polar surface area (TPSA) is 84.0 Å². The molecule has 0 saturated heterocycles. The van der Waals surface area contributed by atoms with Gasteiger partial charge in [0.15, 0.2) is 0 Å². The molecule has 2 aromatic rings. The van der Waals surface area contributed by atoms with Crippen molar-refractivity contribution in [2.75, 3.05) is 0 Å². The normalized spacial score (nSPS) is 12.4. The second kappa shape index (κ2) is 7.27. The molecule has 124 valence electrons. The van der Waals surface area contributed by atoms with E-state index >= 15 is 0 Å². The lowest BCUT2D eigenvalue weighted by Crippen LogP contribution is -2.45. The molecule has 3 amide bonds. The van der Waals surface area contributed by atoms with Gasteiger partial charge in [-0.25, -0.2) is 14.8 Å². The minimum atomic E-state index is -0.479. The highest BCUT2D eigenvalue weighted by Gasteiger charge is 2.21. The molecule has 0 saturated carbocycles. The van der Waals surface area contributed by atoms with Crippen molar-refractivity contribution in [3.63, 3.8) is 0 Å². The zero-order valence-electron chi connectivity index (χ0n) is 13.8. The summed E-state index contributed by atoms with van der Waals surface area (Å²) in [6.45, 7) is 9.50. The quantitative estimate of drug-likeness (QED) is 0.653. The molecule has 0 spiro atoms. The monoisotopic (exact) mass is 352 g/mol. The van der Waals surface area contributed by atoms with E-state index in [2.05, 4.69) is 20.6 Å². The molecule has 2 heterocycles. The number of imide groups is 1. The van der Waals surface area contributed by atoms with E-state index in [0.29, 0.717) is 0 Å². The molecule has 2 rings (SSSR count). The molecule has 2 N–H and O–H groups in total. The predicted octanol–water partition coefficient (Wildman–Crippen LogP) is 3.02. The highest BCUT2D eigenvalue weighted by Crippen LogP contribution is 2.35. The lowest BCUT2D eigenvalue weighted by atomic mass is 10.2. The number of thioether (sulfide) groups is 1. The van der Waals surface area contributed by atoms with Gasteiger partial charge in [-0.1, -0.05) is 11.8 Å². The minimum absolute atomic E-state index is 0.0244. The molecule has 2 aromatic heterocycles. The van der Waals surface area contributed by atoms with Gasteiger partial charge in [0.05, 0.1) is 5.25 Å². The number of nitrogens with zero attached hydrogens (tertiary/aromatic N) is 2. The molecule has 0 bridgehead atoms. The van der Waals surface area contributed by atoms with Gasteiger partial charge >= 0.3 is 6.03 Å². The van der Waals surface area contributed by atoms with Gasteiger partial charge < -0.3 is 5.32 Å². The Morgan fingerprint density at radius 1 is 1.22 bits per heavy atom. The van der Waals surface area contributed by atoms with E-state index in [1.807, 2.05) is 27.7 Å². The number of nitrogens with one attached hydrogen (secondary N) is 2. The Labute approximate surface area is 143 Å². The molecule has 6 nitrogen and oxygen atoms in total. The first-order valence-electron chi connectivity index (χ1n) is 7.28. The van der Waals surface area contributed by atoms with Crippen LogP contribution in [0.4, 0.5) is 4.79 Å². The third kappa shape index (κ3) is 4.20. The van der Waals surface area contributed by atoms with Gasteiger partial charge in [-0.15, -0.1) is 11.3 Å². The first kappa shape index (κ1) is 17.7. The second-order valence-electron chi connectivity index (χ2n) is 5.52. The van der Waals surface area contributed by atoms with Crippen molar-refractivity contribution in [3.8, 4) is 0 Å². The second-order valence-corrected chi connectivity index (χ2v) is 8.05. The van der Waals surface area contributed by atoms with Crippen molar-refractivity contribution in [1.82, 2.24) is 20.6 Å². The Kier molecular flexibility index (Phi) is 5.59. The van der Waals surface area contributed by atoms with Crippen LogP contribution in [0.25, 0.3) is 10.2 Å². The van der Waals surface area contributed by atoms with E-state index in [0.717, 1.165) is 20.8 Å². The molecule has 23 heavy (non-hydrogen) atoms. The first-order chi connectivity index (χ1) is 10.8. The van der Waals surface area contributed by atoms with Gasteiger partial charge in [0.2, 0.25) is 5.91 Å². The van der Waals surface area contributed by atoms with Crippen LogP contribution in [-0.4, -0.2) is 33.2 Å². The Hall–Kier alpha value is -1.67. The molecular weight excluding hydrogens is 332 g/mol. The molecule has 0 fully saturated rings. The number of aryl methyl sites for hydroxylation is 2. The average Bonchev–Trinajstić information content (AvgIpc) is 2.74. The Morgan fingerprint density at radius 2 is 1.91 bits per heavy atom. The van der Waals surface area contributed by atoms with Crippen LogP contribution in [0, 0.1) is 13.8 Å². The summed E-state index contributed by atoms with van der Waals surface area (Å²) < 4.78 is 0. The number of rotatable bonds is 4. The van der Waals surface area contributed by atoms with Crippen LogP contribution in [0.2, 0.25) is 0 Å². The largest absolute Gasteiger partial charge is 0.336 e. The number of carbonyl (C=O) groups is 2. The Bertz CT molecular complexity index is 742. The summed E-state index contributed by atoms with van der Waals surface area (Å²) in [4.78, 5) is 34.5. The van der Waals surface area contributed by atoms with Crippen LogP contribution in [-0.2, 0) is 4.79 Å². The molecule has 0 aliphatic carbocycles. The smallest absolute Gasteiger partial charge is 0.321 e. The van der Waals surface area contributed by atoms with E-state index < -0.39 is 11.3 Å². The van der Waals surface area contributed by atoms with Crippen LogP contribution in [0.5, 0.6) is 0 Å². The number of hydrogen-bond acceptors (Lipinski definition) is 6. The molecule has 0 aliphatic heterocycles. The number of urea groups is 1. The van der Waals surface area contributed by atoms with E-state index in [9.17, 15) is 9.59 Å². The van der Waals surface area contributed by atoms with Gasteiger partial charge in [-0.05, 0) is 40.2 Å². The van der Waals surface area contributed by atoms with Crippen LogP contribution in [0.3, 0.4) is 0 Å². The SMILES string of the molecule is Cc1sc2ncnc(S[C@@H](C)C(=O)NC(=O)NC(C)C)c2c1C. The molecule has 8 heteroatoms. The summed E-state index contributed by atoms with van der Waals surface area (Å²) in [7, 11) is 0. The van der Waals surface area contributed by atoms with E-state index in [-0.39, 0.29) is 11.9 Å². The summed E-state index contributed by atoms with van der Waals surface area (Å²) in [6, 6.07) is -0.503. The summed E-state index contributed by atoms with van der Waals surface area (Å²) in [5.41, 5.74) is 1.14. The number of hydrogen-bond donors (Lipinski definition) is 2. The zero-order valence-corrected chi connectivity index (χ0v) is 15.4. The molecular formula is C15H20N4O2S2. The molecule has 0 aliphatic rings. The standard InChI is InChI=1S/C15H20N4O2S2/c1-7(2)18-15(21)19-12(20)10(5)23-14-11-8(3)9(4)22-13(11)16-6-17-14/h6-7,10H,1-5H3,(H2,18,19,20,21)/t10-/m0/s1. The maximum atomic E-state index is 12.1. The van der Waals surface area contributed by atoms with Gasteiger partial charge in [0.25, 0.3) is 0 Å². The number of fused-ring (bicyclic) bond motifs is 1. The van der Waals surface area contributed by atoms with Gasteiger partial charge in [0.1, 0.15) is 16.2 Å². The average molecular weight is 352 g/mol. The number of carbonyl (C=O) groups excluding carboxylic acids is 2. The lowest BCUT2D eigenvalue weighted by molar-refractivity contribution is -0.119. The first-order valence-corrected chi connectivity index (χ1v) is 8.98. The van der Waals surface area contributed by atoms with Crippen molar-refractivity contribution in [1.29, 1.82) is 0 Å². The van der Waals surface area contributed by atoms with Crippen molar-refractivity contribution in [3.05, 3.63) is 16.8 Å². The summed E-state index contributed by atoms with van der Waals surface area (Å²) in [6.07, 6.45) is 1.51. The van der Waals surface area contributed by atoms with E-state index in [1.54, 1.807) is 18.3 Å². The summed E-state index contributed by atoms with van der Waals surface area (Å²) in [5, 5.41) is 6.30. The van der Waals surface area contributed by atoms with E-state index in [4.69, 9.17) is 0 Å². The number of thiophene rings is 1. The number of amides is 3. The summed E-state index contributed by atoms with van der Waals surface area (Å²) >= 11 is 2.95. The van der Waals surface area contributed by atoms with Crippen LogP contribution in [0.15, 0.2) is 11.4 Å². The number of aromatic nitrogens is 2. The fourth-order valence-corrected chi connectivity index (χ4v) is 4.01. The van der Waals surface area contributed by atoms with Gasteiger partial charge in [-0.3, -0.25) is 10.1 Å². The van der Waals surface area contributed by atoms with Crippen LogP contribution in [0.1, 0.15) is 31.2 Å². The van der Waals surface area contributed by atoms with Crippen LogP contribution < -0.4 is 10.6 Å². The fourth-order valence-electron chi connectivity index (χ4n) is 1.97. The predicted molar refractivity (Wildman–Crippen MR) is 94.0 cm³/mol. The Morgan fingerprint density at radius 3 is 2.57 bits per heavy atom. The molecule has 0 radical (unpaired) electrons. The van der Waals surface area contributed by atoms with Gasteiger partial charge in [0, 0.05) is 16.3 Å². The maximum Gasteiger partial charge on any atom is 0.321 e. The third-order valence-electron chi connectivity index (χ3n) is 3.24. The Balaban J connectivity index is 2.13. The zero-order chi connectivity index (χ0) is 17.1.